The first kappa shape index (κ1) is 15.4. The van der Waals surface area contributed by atoms with Crippen molar-refractivity contribution in [1.82, 2.24) is 4.98 Å². The van der Waals surface area contributed by atoms with Gasteiger partial charge >= 0.3 is 6.03 Å². The van der Waals surface area contributed by atoms with Crippen LogP contribution in [0.15, 0.2) is 83.3 Å². The van der Waals surface area contributed by atoms with Gasteiger partial charge in [0, 0.05) is 16.7 Å². The maximum atomic E-state index is 12.3. The third kappa shape index (κ3) is 2.33. The highest BCUT2D eigenvalue weighted by Gasteiger charge is 2.31. The van der Waals surface area contributed by atoms with Crippen molar-refractivity contribution in [3.05, 3.63) is 78.9 Å². The van der Waals surface area contributed by atoms with Gasteiger partial charge < -0.3 is 10.2 Å². The number of primary amides is 1. The molecule has 1 aromatic heterocycles. The highest BCUT2D eigenvalue weighted by atomic mass is 16.4. The van der Waals surface area contributed by atoms with Crippen LogP contribution in [0, 0.1) is 0 Å². The molecule has 0 atom stereocenters. The lowest BCUT2D eigenvalue weighted by atomic mass is 10.1. The van der Waals surface area contributed by atoms with E-state index in [-0.39, 0.29) is 0 Å². The first-order valence-electron chi connectivity index (χ1n) is 8.58. The number of nitrogens with two attached hydrogens (primary N) is 1. The zero-order chi connectivity index (χ0) is 18.4. The molecule has 3 aromatic carbocycles. The molecule has 0 saturated heterocycles. The van der Waals surface area contributed by atoms with E-state index in [2.05, 4.69) is 0 Å². The number of hydrogen-bond acceptors (Lipinski definition) is 3. The van der Waals surface area contributed by atoms with Gasteiger partial charge in [0.15, 0.2) is 5.76 Å². The van der Waals surface area contributed by atoms with Crippen LogP contribution in [0.25, 0.3) is 34.0 Å². The molecule has 2 amide bonds. The van der Waals surface area contributed by atoms with Crippen LogP contribution in [0.4, 0.5) is 16.2 Å². The Morgan fingerprint density at radius 2 is 1.41 bits per heavy atom. The van der Waals surface area contributed by atoms with E-state index in [4.69, 9.17) is 15.1 Å². The first-order valence-corrected chi connectivity index (χ1v) is 8.58. The molecule has 5 nitrogen and oxygen atoms in total. The molecule has 1 aliphatic rings. The average Bonchev–Trinajstić information content (AvgIpc) is 3.10. The number of anilines is 2. The summed E-state index contributed by atoms with van der Waals surface area (Å²) in [7, 11) is 0. The molecule has 0 radical (unpaired) electrons. The molecule has 1 aliphatic heterocycles. The molecular formula is C22H15N3O2. The van der Waals surface area contributed by atoms with Gasteiger partial charge in [0.1, 0.15) is 5.69 Å². The van der Waals surface area contributed by atoms with E-state index in [1.165, 1.54) is 4.90 Å². The highest BCUT2D eigenvalue weighted by molar-refractivity contribution is 6.08. The zero-order valence-corrected chi connectivity index (χ0v) is 14.3. The molecule has 2 heterocycles. The molecule has 0 saturated carbocycles. The number of urea groups is 1. The predicted molar refractivity (Wildman–Crippen MR) is 105 cm³/mol. The Hall–Kier alpha value is -3.86. The Bertz CT molecular complexity index is 1100. The normalized spacial score (nSPS) is 11.9. The Balaban J connectivity index is 1.85. The molecule has 0 fully saturated rings. The topological polar surface area (TPSA) is 72.4 Å². The summed E-state index contributed by atoms with van der Waals surface area (Å²) < 4.78 is 6.19. The first-order chi connectivity index (χ1) is 13.2. The maximum Gasteiger partial charge on any atom is 0.323 e. The molecule has 2 N–H and O–H groups in total. The number of fused-ring (bicyclic) bond motifs is 5. The van der Waals surface area contributed by atoms with Crippen LogP contribution < -0.4 is 10.6 Å². The summed E-state index contributed by atoms with van der Waals surface area (Å²) in [6.45, 7) is 0. The fraction of sp³-hybridized carbons (Fsp3) is 0. The Morgan fingerprint density at radius 3 is 2.11 bits per heavy atom. The Kier molecular flexibility index (Phi) is 3.33. The van der Waals surface area contributed by atoms with Gasteiger partial charge in [0.25, 0.3) is 0 Å². The van der Waals surface area contributed by atoms with Crippen molar-refractivity contribution in [3.63, 3.8) is 0 Å². The lowest BCUT2D eigenvalue weighted by molar-refractivity contribution is 0.256. The smallest absolute Gasteiger partial charge is 0.323 e. The summed E-state index contributed by atoms with van der Waals surface area (Å²) in [5.41, 5.74) is 10.2. The third-order valence-electron chi connectivity index (χ3n) is 4.66. The van der Waals surface area contributed by atoms with E-state index in [0.717, 1.165) is 16.7 Å². The van der Waals surface area contributed by atoms with E-state index in [9.17, 15) is 4.79 Å². The number of carbonyl (C=O) groups excluding carboxylic acids is 1. The second-order valence-electron chi connectivity index (χ2n) is 6.27. The predicted octanol–water partition coefficient (Wildman–Crippen LogP) is 5.21. The minimum Gasteiger partial charge on any atom is -0.435 e. The summed E-state index contributed by atoms with van der Waals surface area (Å²) in [6, 6.07) is 24.3. The molecule has 0 aliphatic carbocycles. The fourth-order valence-corrected chi connectivity index (χ4v) is 3.49. The maximum absolute atomic E-state index is 12.3. The van der Waals surface area contributed by atoms with Crippen LogP contribution in [0.3, 0.4) is 0 Å². The SMILES string of the molecule is NC(=O)N1c2ccccc2-c2nc(-c3ccccc3)oc2-c2ccccc21. The molecule has 5 heteroatoms. The third-order valence-corrected chi connectivity index (χ3v) is 4.66. The number of para-hydroxylation sites is 2. The van der Waals surface area contributed by atoms with Crippen LogP contribution in [0.1, 0.15) is 0 Å². The number of carbonyl (C=O) groups is 1. The molecule has 0 bridgehead atoms. The minimum atomic E-state index is -0.552. The molecule has 130 valence electrons. The van der Waals surface area contributed by atoms with Crippen molar-refractivity contribution in [1.29, 1.82) is 0 Å². The minimum absolute atomic E-state index is 0.540. The monoisotopic (exact) mass is 353 g/mol. The molecule has 5 rings (SSSR count). The van der Waals surface area contributed by atoms with Gasteiger partial charge in [0.2, 0.25) is 5.89 Å². The number of hydrogen-bond donors (Lipinski definition) is 1. The second kappa shape index (κ2) is 5.85. The zero-order valence-electron chi connectivity index (χ0n) is 14.3. The van der Waals surface area contributed by atoms with Crippen LogP contribution >= 0.6 is 0 Å². The van der Waals surface area contributed by atoms with Crippen molar-refractivity contribution in [2.24, 2.45) is 5.73 Å². The van der Waals surface area contributed by atoms with Gasteiger partial charge in [-0.25, -0.2) is 9.78 Å². The number of oxazole rings is 1. The average molecular weight is 353 g/mol. The van der Waals surface area contributed by atoms with Gasteiger partial charge in [-0.1, -0.05) is 48.5 Å². The van der Waals surface area contributed by atoms with Crippen molar-refractivity contribution in [3.8, 4) is 34.0 Å². The van der Waals surface area contributed by atoms with E-state index < -0.39 is 6.03 Å². The number of benzene rings is 3. The van der Waals surface area contributed by atoms with Crippen molar-refractivity contribution < 1.29 is 9.21 Å². The number of aromatic nitrogens is 1. The summed E-state index contributed by atoms with van der Waals surface area (Å²) >= 11 is 0. The standard InChI is InChI=1S/C22H15N3O2/c23-22(26)25-17-12-6-4-10-15(17)19-20(16-11-5-7-13-18(16)25)27-21(24-19)14-8-2-1-3-9-14/h1-13H,(H2,23,26). The molecule has 27 heavy (non-hydrogen) atoms. The van der Waals surface area contributed by atoms with Gasteiger partial charge in [-0.2, -0.15) is 0 Å². The molecule has 4 aromatic rings. The van der Waals surface area contributed by atoms with Crippen LogP contribution in [0.5, 0.6) is 0 Å². The van der Waals surface area contributed by atoms with Crippen molar-refractivity contribution in [2.75, 3.05) is 4.90 Å². The summed E-state index contributed by atoms with van der Waals surface area (Å²) in [5, 5.41) is 0. The largest absolute Gasteiger partial charge is 0.435 e. The number of amides is 2. The quantitative estimate of drug-likeness (QED) is 0.511. The number of nitrogens with zero attached hydrogens (tertiary/aromatic N) is 2. The van der Waals surface area contributed by atoms with E-state index in [1.54, 1.807) is 0 Å². The fourth-order valence-electron chi connectivity index (χ4n) is 3.49. The van der Waals surface area contributed by atoms with E-state index >= 15 is 0 Å². The Labute approximate surface area is 155 Å². The van der Waals surface area contributed by atoms with Gasteiger partial charge in [0.05, 0.1) is 11.4 Å². The second-order valence-corrected chi connectivity index (χ2v) is 6.27. The van der Waals surface area contributed by atoms with Crippen molar-refractivity contribution >= 4 is 17.4 Å². The van der Waals surface area contributed by atoms with Gasteiger partial charge in [-0.3, -0.25) is 4.90 Å². The lowest BCUT2D eigenvalue weighted by Crippen LogP contribution is -2.31. The van der Waals surface area contributed by atoms with E-state index in [1.807, 2.05) is 78.9 Å². The summed E-state index contributed by atoms with van der Waals surface area (Å²) in [5.74, 6) is 1.17. The van der Waals surface area contributed by atoms with Gasteiger partial charge in [-0.15, -0.1) is 0 Å². The van der Waals surface area contributed by atoms with Gasteiger partial charge in [-0.05, 0) is 30.3 Å². The summed E-state index contributed by atoms with van der Waals surface area (Å²) in [6.07, 6.45) is 0. The van der Waals surface area contributed by atoms with Crippen LogP contribution in [0.2, 0.25) is 0 Å². The Morgan fingerprint density at radius 1 is 0.815 bits per heavy atom. The van der Waals surface area contributed by atoms with Crippen LogP contribution in [-0.2, 0) is 0 Å². The van der Waals surface area contributed by atoms with Crippen molar-refractivity contribution in [2.45, 2.75) is 0 Å². The molecule has 0 spiro atoms. The number of rotatable bonds is 1. The lowest BCUT2D eigenvalue weighted by Gasteiger charge is -2.22. The molecular weight excluding hydrogens is 338 g/mol. The van der Waals surface area contributed by atoms with E-state index in [0.29, 0.717) is 28.7 Å². The molecule has 0 unspecified atom stereocenters. The summed E-state index contributed by atoms with van der Waals surface area (Å²) in [4.78, 5) is 18.6. The van der Waals surface area contributed by atoms with Crippen LogP contribution in [-0.4, -0.2) is 11.0 Å². The highest BCUT2D eigenvalue weighted by Crippen LogP contribution is 2.48.